The molecule has 32 heavy (non-hydrogen) atoms. The second-order valence-electron chi connectivity index (χ2n) is 7.81. The molecule has 1 aliphatic rings. The van der Waals surface area contributed by atoms with Crippen LogP contribution in [0.2, 0.25) is 0 Å². The number of alkyl halides is 3. The first-order chi connectivity index (χ1) is 14.9. The second kappa shape index (κ2) is 10.3. The van der Waals surface area contributed by atoms with Crippen LogP contribution in [0.1, 0.15) is 23.1 Å². The van der Waals surface area contributed by atoms with Gasteiger partial charge in [0.1, 0.15) is 5.82 Å². The quantitative estimate of drug-likeness (QED) is 0.361. The summed E-state index contributed by atoms with van der Waals surface area (Å²) in [5, 5.41) is 0. The maximum Gasteiger partial charge on any atom is 0.416 e. The number of halogens is 5. The minimum absolute atomic E-state index is 0. The van der Waals surface area contributed by atoms with E-state index in [1.165, 1.54) is 29.8 Å². The Labute approximate surface area is 191 Å². The molecule has 0 unspecified atom stereocenters. The molecule has 0 N–H and O–H groups in total. The molecule has 0 fully saturated rings. The van der Waals surface area contributed by atoms with Gasteiger partial charge in [-0.05, 0) is 64.9 Å². The Bertz CT molecular complexity index is 1060. The molecule has 0 aliphatic carbocycles. The summed E-state index contributed by atoms with van der Waals surface area (Å²) >= 11 is 0. The normalized spacial score (nSPS) is 14.6. The summed E-state index contributed by atoms with van der Waals surface area (Å²) < 4.78 is 51.9. The lowest BCUT2D eigenvalue weighted by Gasteiger charge is -2.26. The number of hydrogen-bond acceptors (Lipinski definition) is 1. The molecule has 0 bridgehead atoms. The first-order valence-electron chi connectivity index (χ1n) is 10.3. The third-order valence-corrected chi connectivity index (χ3v) is 5.70. The first kappa shape index (κ1) is 24.0. The molecule has 0 aromatic heterocycles. The summed E-state index contributed by atoms with van der Waals surface area (Å²) in [6.07, 6.45) is -0.638. The van der Waals surface area contributed by atoms with E-state index in [1.807, 2.05) is 18.2 Å². The fourth-order valence-electron chi connectivity index (χ4n) is 3.87. The molecule has 0 amide bonds. The Morgan fingerprint density at radius 3 is 2.06 bits per heavy atom. The third kappa shape index (κ3) is 5.99. The summed E-state index contributed by atoms with van der Waals surface area (Å²) in [5.74, 6) is -0.243. The van der Waals surface area contributed by atoms with Crippen LogP contribution < -0.4 is 0 Å². The minimum Gasteiger partial charge on any atom is -0.299 e. The van der Waals surface area contributed by atoms with Crippen LogP contribution in [0, 0.1) is 5.82 Å². The fourth-order valence-corrected chi connectivity index (χ4v) is 3.87. The molecule has 4 rings (SSSR count). The van der Waals surface area contributed by atoms with Crippen LogP contribution in [-0.2, 0) is 12.6 Å². The Kier molecular flexibility index (Phi) is 7.75. The molecule has 0 saturated carbocycles. The zero-order valence-corrected chi connectivity index (χ0v) is 18.2. The van der Waals surface area contributed by atoms with Crippen LogP contribution in [0.5, 0.6) is 0 Å². The minimum atomic E-state index is -4.32. The fraction of sp³-hybridized carbons (Fsp3) is 0.231. The van der Waals surface area contributed by atoms with E-state index in [1.54, 1.807) is 18.2 Å². The van der Waals surface area contributed by atoms with Crippen LogP contribution in [0.15, 0.2) is 78.9 Å². The zero-order chi connectivity index (χ0) is 21.8. The van der Waals surface area contributed by atoms with Crippen LogP contribution in [0.3, 0.4) is 0 Å². The van der Waals surface area contributed by atoms with Crippen molar-refractivity contribution in [2.45, 2.75) is 19.0 Å². The molecule has 0 radical (unpaired) electrons. The van der Waals surface area contributed by atoms with E-state index in [9.17, 15) is 17.6 Å². The first-order valence-corrected chi connectivity index (χ1v) is 10.3. The maximum atomic E-state index is 13.1. The molecule has 0 spiro atoms. The summed E-state index contributed by atoms with van der Waals surface area (Å²) in [6.45, 7) is 2.46. The van der Waals surface area contributed by atoms with Crippen molar-refractivity contribution >= 4 is 18.0 Å². The Balaban J connectivity index is 0.00000289. The molecule has 6 heteroatoms. The van der Waals surface area contributed by atoms with Crippen molar-refractivity contribution in [3.8, 4) is 11.1 Å². The van der Waals surface area contributed by atoms with E-state index >= 15 is 0 Å². The smallest absolute Gasteiger partial charge is 0.299 e. The van der Waals surface area contributed by atoms with Crippen molar-refractivity contribution in [3.05, 3.63) is 101 Å². The predicted octanol–water partition coefficient (Wildman–Crippen LogP) is 7.27. The highest BCUT2D eigenvalue weighted by molar-refractivity contribution is 5.85. The van der Waals surface area contributed by atoms with E-state index < -0.39 is 11.7 Å². The van der Waals surface area contributed by atoms with Gasteiger partial charge in [0.15, 0.2) is 0 Å². The highest BCUT2D eigenvalue weighted by atomic mass is 35.5. The second-order valence-corrected chi connectivity index (χ2v) is 7.81. The van der Waals surface area contributed by atoms with Crippen LogP contribution >= 0.6 is 12.4 Å². The Hall–Kier alpha value is -2.63. The van der Waals surface area contributed by atoms with Gasteiger partial charge in [-0.25, -0.2) is 4.39 Å². The molecule has 1 heterocycles. The van der Waals surface area contributed by atoms with Gasteiger partial charge in [-0.2, -0.15) is 13.2 Å². The Morgan fingerprint density at radius 1 is 0.812 bits per heavy atom. The average Bonchev–Trinajstić information content (AvgIpc) is 2.78. The molecule has 1 nitrogen and oxygen atoms in total. The Morgan fingerprint density at radius 2 is 1.47 bits per heavy atom. The molecule has 3 aromatic rings. The van der Waals surface area contributed by atoms with E-state index in [0.29, 0.717) is 5.56 Å². The molecule has 0 atom stereocenters. The van der Waals surface area contributed by atoms with E-state index in [0.717, 1.165) is 55.2 Å². The summed E-state index contributed by atoms with van der Waals surface area (Å²) in [6, 6.07) is 20.3. The van der Waals surface area contributed by atoms with Crippen molar-refractivity contribution in [2.24, 2.45) is 0 Å². The van der Waals surface area contributed by atoms with Crippen molar-refractivity contribution in [1.82, 2.24) is 4.90 Å². The lowest BCUT2D eigenvalue weighted by Crippen LogP contribution is -2.30. The standard InChI is InChI=1S/C26H23F4N.ClH/c27-25-10-8-21(9-11-25)20-6-4-19(5-7-20)12-15-31-16-13-22(14-17-31)23-2-1-3-24(18-23)26(28,29)30;/h1-11,13,18H,12,14-17H2;1H. The highest BCUT2D eigenvalue weighted by Gasteiger charge is 2.30. The van der Waals surface area contributed by atoms with Gasteiger partial charge in [0.25, 0.3) is 0 Å². The molecule has 0 saturated heterocycles. The predicted molar refractivity (Wildman–Crippen MR) is 123 cm³/mol. The third-order valence-electron chi connectivity index (χ3n) is 5.70. The molecular formula is C26H24ClF4N. The lowest BCUT2D eigenvalue weighted by atomic mass is 9.97. The summed E-state index contributed by atoms with van der Waals surface area (Å²) in [7, 11) is 0. The number of hydrogen-bond donors (Lipinski definition) is 0. The van der Waals surface area contributed by atoms with Crippen LogP contribution in [0.4, 0.5) is 17.6 Å². The van der Waals surface area contributed by atoms with Gasteiger partial charge in [0.2, 0.25) is 0 Å². The zero-order valence-electron chi connectivity index (χ0n) is 17.4. The molecule has 1 aliphatic heterocycles. The van der Waals surface area contributed by atoms with Gasteiger partial charge in [-0.3, -0.25) is 4.90 Å². The van der Waals surface area contributed by atoms with Gasteiger partial charge in [-0.15, -0.1) is 12.4 Å². The maximum absolute atomic E-state index is 13.1. The van der Waals surface area contributed by atoms with Crippen molar-refractivity contribution in [1.29, 1.82) is 0 Å². The molecule has 168 valence electrons. The summed E-state index contributed by atoms with van der Waals surface area (Å²) in [4.78, 5) is 2.31. The van der Waals surface area contributed by atoms with Crippen LogP contribution in [-0.4, -0.2) is 24.5 Å². The SMILES string of the molecule is Cl.Fc1ccc(-c2ccc(CCN3CC=C(c4cccc(C(F)(F)F)c4)CC3)cc2)cc1. The lowest BCUT2D eigenvalue weighted by molar-refractivity contribution is -0.137. The topological polar surface area (TPSA) is 3.24 Å². The van der Waals surface area contributed by atoms with E-state index in [4.69, 9.17) is 0 Å². The number of benzene rings is 3. The van der Waals surface area contributed by atoms with Crippen molar-refractivity contribution in [3.63, 3.8) is 0 Å². The average molecular weight is 462 g/mol. The largest absolute Gasteiger partial charge is 0.416 e. The van der Waals surface area contributed by atoms with Gasteiger partial charge in [-0.1, -0.05) is 54.6 Å². The monoisotopic (exact) mass is 461 g/mol. The number of rotatable bonds is 5. The van der Waals surface area contributed by atoms with Gasteiger partial charge < -0.3 is 0 Å². The van der Waals surface area contributed by atoms with Gasteiger partial charge in [0.05, 0.1) is 5.56 Å². The van der Waals surface area contributed by atoms with Crippen LogP contribution in [0.25, 0.3) is 16.7 Å². The van der Waals surface area contributed by atoms with Crippen molar-refractivity contribution < 1.29 is 17.6 Å². The molecular weight excluding hydrogens is 438 g/mol. The van der Waals surface area contributed by atoms with Gasteiger partial charge >= 0.3 is 6.18 Å². The van der Waals surface area contributed by atoms with Crippen molar-refractivity contribution in [2.75, 3.05) is 19.6 Å². The highest BCUT2D eigenvalue weighted by Crippen LogP contribution is 2.32. The van der Waals surface area contributed by atoms with E-state index in [2.05, 4.69) is 17.0 Å². The van der Waals surface area contributed by atoms with Gasteiger partial charge in [0, 0.05) is 19.6 Å². The summed E-state index contributed by atoms with van der Waals surface area (Å²) in [5.41, 5.74) is 4.29. The van der Waals surface area contributed by atoms with E-state index in [-0.39, 0.29) is 18.2 Å². The molecule has 3 aromatic carbocycles. The number of nitrogens with zero attached hydrogens (tertiary/aromatic N) is 1.